The molecule has 0 saturated carbocycles. The maximum atomic E-state index is 12.9. The molecule has 5 nitrogen and oxygen atoms in total. The Bertz CT molecular complexity index is 748. The largest absolute Gasteiger partial charge is 0.452 e. The third kappa shape index (κ3) is 4.34. The average Bonchev–Trinajstić information content (AvgIpc) is 2.49. The van der Waals surface area contributed by atoms with Gasteiger partial charge in [-0.05, 0) is 30.3 Å². The number of para-hydroxylation sites is 1. The standard InChI is InChI=1S/C15H11Cl2FN2O3/c16-10-2-1-3-11(17)14(10)20-13(21)7-23-15(22)9-5-4-8(18)6-12(9)19/h1-6H,7,19H2,(H,20,21). The zero-order chi connectivity index (χ0) is 17.0. The van der Waals surface area contributed by atoms with E-state index in [1.54, 1.807) is 18.2 Å². The molecule has 0 radical (unpaired) electrons. The van der Waals surface area contributed by atoms with Gasteiger partial charge < -0.3 is 15.8 Å². The fourth-order valence-corrected chi connectivity index (χ4v) is 2.21. The predicted molar refractivity (Wildman–Crippen MR) is 86.2 cm³/mol. The highest BCUT2D eigenvalue weighted by molar-refractivity contribution is 6.39. The topological polar surface area (TPSA) is 81.4 Å². The van der Waals surface area contributed by atoms with Gasteiger partial charge in [0, 0.05) is 5.69 Å². The summed E-state index contributed by atoms with van der Waals surface area (Å²) in [4.78, 5) is 23.6. The van der Waals surface area contributed by atoms with Crippen molar-refractivity contribution >= 4 is 46.5 Å². The smallest absolute Gasteiger partial charge is 0.340 e. The van der Waals surface area contributed by atoms with Gasteiger partial charge in [0.15, 0.2) is 6.61 Å². The number of hydrogen-bond donors (Lipinski definition) is 2. The Balaban J connectivity index is 1.98. The molecule has 0 bridgehead atoms. The maximum Gasteiger partial charge on any atom is 0.340 e. The minimum atomic E-state index is -0.845. The van der Waals surface area contributed by atoms with E-state index in [4.69, 9.17) is 33.7 Å². The molecule has 0 fully saturated rings. The first-order valence-electron chi connectivity index (χ1n) is 6.34. The second-order valence-corrected chi connectivity index (χ2v) is 5.27. The summed E-state index contributed by atoms with van der Waals surface area (Å²) in [7, 11) is 0. The van der Waals surface area contributed by atoms with Crippen molar-refractivity contribution in [2.45, 2.75) is 0 Å². The molecule has 0 atom stereocenters. The van der Waals surface area contributed by atoms with Gasteiger partial charge in [0.05, 0.1) is 21.3 Å². The molecular formula is C15H11Cl2FN2O3. The van der Waals surface area contributed by atoms with Crippen LogP contribution in [0.2, 0.25) is 10.0 Å². The van der Waals surface area contributed by atoms with Crippen LogP contribution in [-0.4, -0.2) is 18.5 Å². The van der Waals surface area contributed by atoms with Crippen LogP contribution in [0.4, 0.5) is 15.8 Å². The number of nitrogens with one attached hydrogen (secondary N) is 1. The van der Waals surface area contributed by atoms with Crippen LogP contribution >= 0.6 is 23.2 Å². The fourth-order valence-electron chi connectivity index (χ4n) is 1.72. The molecular weight excluding hydrogens is 346 g/mol. The molecule has 1 amide bonds. The van der Waals surface area contributed by atoms with Crippen LogP contribution in [0, 0.1) is 5.82 Å². The Morgan fingerprint density at radius 3 is 2.43 bits per heavy atom. The number of benzene rings is 2. The Morgan fingerprint density at radius 2 is 1.83 bits per heavy atom. The van der Waals surface area contributed by atoms with Crippen LogP contribution in [0.5, 0.6) is 0 Å². The third-order valence-electron chi connectivity index (χ3n) is 2.80. The molecule has 0 heterocycles. The molecule has 0 unspecified atom stereocenters. The first-order chi connectivity index (χ1) is 10.9. The van der Waals surface area contributed by atoms with Gasteiger partial charge in [-0.3, -0.25) is 4.79 Å². The lowest BCUT2D eigenvalue weighted by Gasteiger charge is -2.10. The predicted octanol–water partition coefficient (Wildman–Crippen LogP) is 3.51. The number of halogens is 3. The number of nitrogens with two attached hydrogens (primary N) is 1. The van der Waals surface area contributed by atoms with Gasteiger partial charge in [-0.25, -0.2) is 9.18 Å². The average molecular weight is 357 g/mol. The quantitative estimate of drug-likeness (QED) is 0.648. The van der Waals surface area contributed by atoms with Crippen molar-refractivity contribution in [2.75, 3.05) is 17.7 Å². The number of hydrogen-bond acceptors (Lipinski definition) is 4. The summed E-state index contributed by atoms with van der Waals surface area (Å²) in [6.45, 7) is -0.572. The zero-order valence-electron chi connectivity index (χ0n) is 11.6. The van der Waals surface area contributed by atoms with Crippen LogP contribution in [0.15, 0.2) is 36.4 Å². The lowest BCUT2D eigenvalue weighted by molar-refractivity contribution is -0.119. The molecule has 3 N–H and O–H groups in total. The summed E-state index contributed by atoms with van der Waals surface area (Å²) in [6, 6.07) is 7.95. The number of carbonyl (C=O) groups is 2. The Morgan fingerprint density at radius 1 is 1.17 bits per heavy atom. The minimum Gasteiger partial charge on any atom is -0.452 e. The van der Waals surface area contributed by atoms with Crippen molar-refractivity contribution < 1.29 is 18.7 Å². The molecule has 0 saturated heterocycles. The molecule has 8 heteroatoms. The second-order valence-electron chi connectivity index (χ2n) is 4.45. The molecule has 2 rings (SSSR count). The van der Waals surface area contributed by atoms with E-state index in [-0.39, 0.29) is 27.0 Å². The first kappa shape index (κ1) is 17.1. The zero-order valence-corrected chi connectivity index (χ0v) is 13.1. The van der Waals surface area contributed by atoms with Gasteiger partial charge >= 0.3 is 5.97 Å². The molecule has 0 aliphatic rings. The van der Waals surface area contributed by atoms with Crippen molar-refractivity contribution in [3.05, 3.63) is 57.8 Å². The van der Waals surface area contributed by atoms with Crippen molar-refractivity contribution in [2.24, 2.45) is 0 Å². The summed E-state index contributed by atoms with van der Waals surface area (Å²) in [5.41, 5.74) is 5.62. The molecule has 0 aromatic heterocycles. The van der Waals surface area contributed by atoms with Crippen molar-refractivity contribution in [3.63, 3.8) is 0 Å². The van der Waals surface area contributed by atoms with Gasteiger partial charge in [0.1, 0.15) is 5.82 Å². The van der Waals surface area contributed by atoms with E-state index in [9.17, 15) is 14.0 Å². The number of nitrogen functional groups attached to an aromatic ring is 1. The van der Waals surface area contributed by atoms with E-state index in [0.717, 1.165) is 12.1 Å². The molecule has 120 valence electrons. The normalized spacial score (nSPS) is 10.2. The van der Waals surface area contributed by atoms with E-state index in [1.807, 2.05) is 0 Å². The van der Waals surface area contributed by atoms with Crippen LogP contribution in [0.25, 0.3) is 0 Å². The second kappa shape index (κ2) is 7.30. The Labute approximate surface area is 141 Å². The summed E-state index contributed by atoms with van der Waals surface area (Å²) in [5, 5.41) is 2.94. The number of rotatable bonds is 4. The summed E-state index contributed by atoms with van der Waals surface area (Å²) in [6.07, 6.45) is 0. The monoisotopic (exact) mass is 356 g/mol. The lowest BCUT2D eigenvalue weighted by atomic mass is 10.2. The highest BCUT2D eigenvalue weighted by atomic mass is 35.5. The van der Waals surface area contributed by atoms with Crippen LogP contribution in [0.3, 0.4) is 0 Å². The third-order valence-corrected chi connectivity index (χ3v) is 3.43. The van der Waals surface area contributed by atoms with Crippen molar-refractivity contribution in [3.8, 4) is 0 Å². The minimum absolute atomic E-state index is 0.0324. The number of esters is 1. The van der Waals surface area contributed by atoms with E-state index in [0.29, 0.717) is 0 Å². The van der Waals surface area contributed by atoms with Gasteiger partial charge in [0.25, 0.3) is 5.91 Å². The fraction of sp³-hybridized carbons (Fsp3) is 0.0667. The molecule has 0 spiro atoms. The van der Waals surface area contributed by atoms with Crippen LogP contribution in [0.1, 0.15) is 10.4 Å². The summed E-state index contributed by atoms with van der Waals surface area (Å²) >= 11 is 11.8. The van der Waals surface area contributed by atoms with Gasteiger partial charge in [0.2, 0.25) is 0 Å². The molecule has 2 aromatic rings. The van der Waals surface area contributed by atoms with Gasteiger partial charge in [-0.15, -0.1) is 0 Å². The van der Waals surface area contributed by atoms with E-state index in [1.165, 1.54) is 6.07 Å². The number of amides is 1. The van der Waals surface area contributed by atoms with Crippen molar-refractivity contribution in [1.29, 1.82) is 0 Å². The molecule has 0 aliphatic carbocycles. The highest BCUT2D eigenvalue weighted by Gasteiger charge is 2.15. The summed E-state index contributed by atoms with van der Waals surface area (Å²) in [5.74, 6) is -2.05. The van der Waals surface area contributed by atoms with Gasteiger partial charge in [-0.1, -0.05) is 29.3 Å². The molecule has 23 heavy (non-hydrogen) atoms. The van der Waals surface area contributed by atoms with E-state index >= 15 is 0 Å². The maximum absolute atomic E-state index is 12.9. The van der Waals surface area contributed by atoms with E-state index in [2.05, 4.69) is 5.32 Å². The number of carbonyl (C=O) groups excluding carboxylic acids is 2. The van der Waals surface area contributed by atoms with Gasteiger partial charge in [-0.2, -0.15) is 0 Å². The van der Waals surface area contributed by atoms with Crippen LogP contribution in [-0.2, 0) is 9.53 Å². The highest BCUT2D eigenvalue weighted by Crippen LogP contribution is 2.29. The van der Waals surface area contributed by atoms with E-state index < -0.39 is 24.3 Å². The van der Waals surface area contributed by atoms with Crippen molar-refractivity contribution in [1.82, 2.24) is 0 Å². The van der Waals surface area contributed by atoms with Crippen LogP contribution < -0.4 is 11.1 Å². The first-order valence-corrected chi connectivity index (χ1v) is 7.10. The summed E-state index contributed by atoms with van der Waals surface area (Å²) < 4.78 is 17.7. The SMILES string of the molecule is Nc1cc(F)ccc1C(=O)OCC(=O)Nc1c(Cl)cccc1Cl. The Kier molecular flexibility index (Phi) is 5.41. The lowest BCUT2D eigenvalue weighted by Crippen LogP contribution is -2.21. The number of anilines is 2. The Hall–Kier alpha value is -2.31. The molecule has 0 aliphatic heterocycles. The number of ether oxygens (including phenoxy) is 1. The molecule has 2 aromatic carbocycles.